The lowest BCUT2D eigenvalue weighted by Gasteiger charge is -2.35. The van der Waals surface area contributed by atoms with Gasteiger partial charge in [-0.1, -0.05) is 26.2 Å². The van der Waals surface area contributed by atoms with Gasteiger partial charge in [-0.15, -0.1) is 0 Å². The van der Waals surface area contributed by atoms with E-state index in [1.807, 2.05) is 4.90 Å². The number of aliphatic hydroxyl groups is 1. The van der Waals surface area contributed by atoms with Crippen molar-refractivity contribution in [2.75, 3.05) is 39.8 Å². The number of piperazine rings is 1. The predicted octanol–water partition coefficient (Wildman–Crippen LogP) is 1.82. The molecule has 1 atom stereocenters. The molecule has 4 rings (SSSR count). The van der Waals surface area contributed by atoms with Crippen molar-refractivity contribution in [1.82, 2.24) is 24.9 Å². The van der Waals surface area contributed by atoms with Crippen molar-refractivity contribution in [3.63, 3.8) is 0 Å². The molecule has 0 bridgehead atoms. The van der Waals surface area contributed by atoms with E-state index in [1.165, 1.54) is 12.1 Å². The Labute approximate surface area is 180 Å². The number of fused-ring (bicyclic) bond motifs is 1. The van der Waals surface area contributed by atoms with Crippen LogP contribution < -0.4 is 5.32 Å². The van der Waals surface area contributed by atoms with Crippen molar-refractivity contribution in [1.29, 1.82) is 0 Å². The lowest BCUT2D eigenvalue weighted by atomic mass is 9.84. The first-order valence-corrected chi connectivity index (χ1v) is 12.0. The minimum absolute atomic E-state index is 0.0979. The number of aromatic nitrogens is 2. The van der Waals surface area contributed by atoms with Crippen LogP contribution in [0.15, 0.2) is 0 Å². The molecule has 3 aliphatic rings. The molecule has 2 heterocycles. The van der Waals surface area contributed by atoms with Crippen LogP contribution in [0.1, 0.15) is 73.6 Å². The quantitative estimate of drug-likeness (QED) is 0.739. The number of nitrogens with one attached hydrogen (secondary N) is 1. The van der Waals surface area contributed by atoms with Crippen molar-refractivity contribution in [2.24, 2.45) is 0 Å². The molecule has 1 saturated heterocycles. The van der Waals surface area contributed by atoms with Crippen LogP contribution in [-0.4, -0.2) is 82.0 Å². The fourth-order valence-electron chi connectivity index (χ4n) is 5.31. The van der Waals surface area contributed by atoms with Crippen LogP contribution in [0.2, 0.25) is 0 Å². The van der Waals surface area contributed by atoms with Gasteiger partial charge in [0.15, 0.2) is 5.69 Å². The van der Waals surface area contributed by atoms with Crippen LogP contribution in [0.4, 0.5) is 0 Å². The van der Waals surface area contributed by atoms with Crippen LogP contribution in [0.25, 0.3) is 0 Å². The normalized spacial score (nSPS) is 24.6. The van der Waals surface area contributed by atoms with Crippen LogP contribution >= 0.6 is 0 Å². The molecule has 2 fully saturated rings. The van der Waals surface area contributed by atoms with Gasteiger partial charge in [0.1, 0.15) is 0 Å². The fourth-order valence-corrected chi connectivity index (χ4v) is 5.31. The van der Waals surface area contributed by atoms with E-state index >= 15 is 0 Å². The number of aryl methyl sites for hydroxylation is 1. The van der Waals surface area contributed by atoms with Gasteiger partial charge in [0.2, 0.25) is 0 Å². The molecule has 1 saturated carbocycles. The van der Waals surface area contributed by atoms with Crippen molar-refractivity contribution >= 4 is 5.91 Å². The first-order valence-electron chi connectivity index (χ1n) is 12.0. The van der Waals surface area contributed by atoms with Crippen molar-refractivity contribution in [2.45, 2.75) is 82.9 Å². The van der Waals surface area contributed by atoms with E-state index in [0.717, 1.165) is 89.7 Å². The Bertz CT molecular complexity index is 732. The van der Waals surface area contributed by atoms with Gasteiger partial charge in [-0.25, -0.2) is 0 Å². The topological polar surface area (TPSA) is 73.6 Å². The molecule has 30 heavy (non-hydrogen) atoms. The second-order valence-corrected chi connectivity index (χ2v) is 9.70. The van der Waals surface area contributed by atoms with E-state index in [2.05, 4.69) is 28.9 Å². The second-order valence-electron chi connectivity index (χ2n) is 9.70. The lowest BCUT2D eigenvalue weighted by molar-refractivity contribution is 0.00227. The highest BCUT2D eigenvalue weighted by atomic mass is 16.3. The van der Waals surface area contributed by atoms with Gasteiger partial charge in [-0.2, -0.15) is 5.10 Å². The molecule has 2 aliphatic carbocycles. The monoisotopic (exact) mass is 417 g/mol. The molecule has 7 nitrogen and oxygen atoms in total. The number of carbonyl (C=O) groups excluding carboxylic acids is 1. The minimum atomic E-state index is -0.552. The highest BCUT2D eigenvalue weighted by Crippen LogP contribution is 2.29. The summed E-state index contributed by atoms with van der Waals surface area (Å²) in [4.78, 5) is 17.6. The van der Waals surface area contributed by atoms with Gasteiger partial charge in [-0.05, 0) is 45.6 Å². The van der Waals surface area contributed by atoms with E-state index in [4.69, 9.17) is 5.10 Å². The molecule has 168 valence electrons. The fraction of sp³-hybridized carbons (Fsp3) is 0.826. The number of hydrogen-bond donors (Lipinski definition) is 2. The third-order valence-corrected chi connectivity index (χ3v) is 7.28. The predicted molar refractivity (Wildman–Crippen MR) is 118 cm³/mol. The van der Waals surface area contributed by atoms with Gasteiger partial charge in [-0.3, -0.25) is 9.48 Å². The third-order valence-electron chi connectivity index (χ3n) is 7.28. The number of carbonyl (C=O) groups is 1. The van der Waals surface area contributed by atoms with Gasteiger partial charge < -0.3 is 20.2 Å². The third kappa shape index (κ3) is 4.73. The molecule has 0 spiro atoms. The number of nitrogens with zero attached hydrogens (tertiary/aromatic N) is 4. The molecular formula is C23H39N5O2. The molecule has 1 aliphatic heterocycles. The summed E-state index contributed by atoms with van der Waals surface area (Å²) in [5.74, 6) is 0.0979. The Morgan fingerprint density at radius 2 is 1.93 bits per heavy atom. The second kappa shape index (κ2) is 9.37. The highest BCUT2D eigenvalue weighted by molar-refractivity contribution is 5.94. The largest absolute Gasteiger partial charge is 0.389 e. The summed E-state index contributed by atoms with van der Waals surface area (Å²) in [7, 11) is 2.11. The van der Waals surface area contributed by atoms with Crippen LogP contribution in [-0.2, 0) is 19.4 Å². The first-order chi connectivity index (χ1) is 14.5. The van der Waals surface area contributed by atoms with Gasteiger partial charge in [0.05, 0.1) is 5.60 Å². The van der Waals surface area contributed by atoms with Crippen LogP contribution in [0.5, 0.6) is 0 Å². The smallest absolute Gasteiger partial charge is 0.274 e. The maximum absolute atomic E-state index is 13.3. The number of amides is 1. The summed E-state index contributed by atoms with van der Waals surface area (Å²) >= 11 is 0. The van der Waals surface area contributed by atoms with Gasteiger partial charge in [0.25, 0.3) is 5.91 Å². The molecular weight excluding hydrogens is 378 g/mol. The Hall–Kier alpha value is -1.44. The summed E-state index contributed by atoms with van der Waals surface area (Å²) < 4.78 is 2.09. The summed E-state index contributed by atoms with van der Waals surface area (Å²) in [6.07, 6.45) is 9.15. The van der Waals surface area contributed by atoms with Crippen molar-refractivity contribution in [3.05, 3.63) is 17.0 Å². The first kappa shape index (κ1) is 21.8. The summed E-state index contributed by atoms with van der Waals surface area (Å²) in [6, 6.07) is 0.307. The standard InChI is InChI=1S/C23H39N5O2/c1-3-11-28-20-8-7-18(24-17-23(30)9-5-4-6-10-23)16-19(20)21(25-28)22(29)27-14-12-26(2)13-15-27/h18,24,30H,3-17H2,1-2H3. The van der Waals surface area contributed by atoms with Gasteiger partial charge in [0, 0.05) is 56.6 Å². The zero-order valence-electron chi connectivity index (χ0n) is 18.8. The van der Waals surface area contributed by atoms with Crippen molar-refractivity contribution < 1.29 is 9.90 Å². The van der Waals surface area contributed by atoms with E-state index in [-0.39, 0.29) is 5.91 Å². The Kier molecular flexibility index (Phi) is 6.80. The molecule has 1 aromatic heterocycles. The van der Waals surface area contributed by atoms with Crippen molar-refractivity contribution in [3.8, 4) is 0 Å². The van der Waals surface area contributed by atoms with E-state index in [9.17, 15) is 9.90 Å². The Morgan fingerprint density at radius 3 is 2.63 bits per heavy atom. The molecule has 0 radical (unpaired) electrons. The Balaban J connectivity index is 1.47. The summed E-state index contributed by atoms with van der Waals surface area (Å²) in [5, 5.41) is 19.3. The average molecular weight is 418 g/mol. The molecule has 1 aromatic rings. The van der Waals surface area contributed by atoms with E-state index in [1.54, 1.807) is 0 Å². The molecule has 1 unspecified atom stereocenters. The number of rotatable bonds is 6. The zero-order valence-corrected chi connectivity index (χ0v) is 18.8. The average Bonchev–Trinajstić information content (AvgIpc) is 3.11. The maximum atomic E-state index is 13.3. The minimum Gasteiger partial charge on any atom is -0.389 e. The molecule has 7 heteroatoms. The number of likely N-dealkylation sites (N-methyl/N-ethyl adjacent to an activating group) is 1. The zero-order chi connectivity index (χ0) is 21.1. The maximum Gasteiger partial charge on any atom is 0.274 e. The van der Waals surface area contributed by atoms with Crippen LogP contribution in [0.3, 0.4) is 0 Å². The molecule has 1 amide bonds. The SMILES string of the molecule is CCCn1nc(C(=O)N2CCN(C)CC2)c2c1CCC(NCC1(O)CCCCC1)C2. The summed E-state index contributed by atoms with van der Waals surface area (Å²) in [5.41, 5.74) is 2.52. The molecule has 0 aromatic carbocycles. The Morgan fingerprint density at radius 1 is 1.20 bits per heavy atom. The van der Waals surface area contributed by atoms with Gasteiger partial charge >= 0.3 is 0 Å². The van der Waals surface area contributed by atoms with E-state index in [0.29, 0.717) is 18.3 Å². The highest BCUT2D eigenvalue weighted by Gasteiger charge is 2.34. The van der Waals surface area contributed by atoms with Crippen LogP contribution in [0, 0.1) is 0 Å². The number of hydrogen-bond acceptors (Lipinski definition) is 5. The van der Waals surface area contributed by atoms with E-state index < -0.39 is 5.60 Å². The molecule has 2 N–H and O–H groups in total. The summed E-state index contributed by atoms with van der Waals surface area (Å²) in [6.45, 7) is 7.10. The lowest BCUT2D eigenvalue weighted by Crippen LogP contribution is -2.48.